The van der Waals surface area contributed by atoms with Crippen molar-refractivity contribution >= 4 is 33.5 Å². The van der Waals surface area contributed by atoms with E-state index in [9.17, 15) is 9.59 Å². The van der Waals surface area contributed by atoms with E-state index in [0.29, 0.717) is 21.5 Å². The van der Waals surface area contributed by atoms with Crippen LogP contribution in [-0.2, 0) is 0 Å². The number of carbonyl (C=O) groups is 2. The maximum atomic E-state index is 12.0. The van der Waals surface area contributed by atoms with Crippen molar-refractivity contribution in [2.75, 3.05) is 5.32 Å². The average Bonchev–Trinajstić information content (AvgIpc) is 2.77. The number of benzene rings is 1. The molecule has 0 aliphatic carbocycles. The Labute approximate surface area is 117 Å². The lowest BCUT2D eigenvalue weighted by Crippen LogP contribution is -2.12. The molecular weight excluding hydrogens is 314 g/mol. The van der Waals surface area contributed by atoms with Gasteiger partial charge < -0.3 is 14.8 Å². The molecule has 0 aliphatic heterocycles. The maximum Gasteiger partial charge on any atom is 0.335 e. The number of nitrogens with one attached hydrogen (secondary N) is 1. The van der Waals surface area contributed by atoms with Crippen LogP contribution in [0, 0.1) is 6.92 Å². The number of carboxylic acids is 1. The van der Waals surface area contributed by atoms with Crippen molar-refractivity contribution in [3.8, 4) is 0 Å². The molecule has 0 bridgehead atoms. The SMILES string of the molecule is Cc1occc1C(=O)Nc1ccc(C(=O)O)cc1Br. The molecule has 0 spiro atoms. The van der Waals surface area contributed by atoms with Crippen LogP contribution < -0.4 is 5.32 Å². The maximum absolute atomic E-state index is 12.0. The highest BCUT2D eigenvalue weighted by Gasteiger charge is 2.14. The minimum Gasteiger partial charge on any atom is -0.478 e. The lowest BCUT2D eigenvalue weighted by atomic mass is 10.2. The van der Waals surface area contributed by atoms with Gasteiger partial charge in [0.05, 0.1) is 23.1 Å². The summed E-state index contributed by atoms with van der Waals surface area (Å²) in [6.07, 6.45) is 1.44. The van der Waals surface area contributed by atoms with Crippen molar-refractivity contribution in [3.63, 3.8) is 0 Å². The van der Waals surface area contributed by atoms with E-state index in [1.54, 1.807) is 13.0 Å². The molecule has 0 atom stereocenters. The fourth-order valence-corrected chi connectivity index (χ4v) is 2.04. The summed E-state index contributed by atoms with van der Waals surface area (Å²) in [5.74, 6) is -0.810. The summed E-state index contributed by atoms with van der Waals surface area (Å²) >= 11 is 3.22. The number of furan rings is 1. The summed E-state index contributed by atoms with van der Waals surface area (Å²) < 4.78 is 5.56. The van der Waals surface area contributed by atoms with E-state index in [-0.39, 0.29) is 11.5 Å². The van der Waals surface area contributed by atoms with Crippen LogP contribution >= 0.6 is 15.9 Å². The molecule has 0 radical (unpaired) electrons. The van der Waals surface area contributed by atoms with Crippen LogP contribution in [0.3, 0.4) is 0 Å². The summed E-state index contributed by atoms with van der Waals surface area (Å²) in [6.45, 7) is 1.69. The van der Waals surface area contributed by atoms with Crippen molar-refractivity contribution in [1.82, 2.24) is 0 Å². The number of aryl methyl sites for hydroxylation is 1. The topological polar surface area (TPSA) is 79.5 Å². The standard InChI is InChI=1S/C13H10BrNO4/c1-7-9(4-5-19-7)12(16)15-11-3-2-8(13(17)18)6-10(11)14/h2-6H,1H3,(H,15,16)(H,17,18). The highest BCUT2D eigenvalue weighted by Crippen LogP contribution is 2.24. The number of carboxylic acid groups (broad SMARTS) is 1. The van der Waals surface area contributed by atoms with Crippen LogP contribution in [0.4, 0.5) is 5.69 Å². The van der Waals surface area contributed by atoms with Gasteiger partial charge in [-0.1, -0.05) is 0 Å². The lowest BCUT2D eigenvalue weighted by Gasteiger charge is -2.07. The largest absolute Gasteiger partial charge is 0.478 e. The first kappa shape index (κ1) is 13.4. The first-order valence-electron chi connectivity index (χ1n) is 5.37. The fraction of sp³-hybridized carbons (Fsp3) is 0.0769. The van der Waals surface area contributed by atoms with Crippen molar-refractivity contribution in [1.29, 1.82) is 0 Å². The van der Waals surface area contributed by atoms with Gasteiger partial charge in [-0.2, -0.15) is 0 Å². The summed E-state index contributed by atoms with van der Waals surface area (Å²) in [4.78, 5) is 22.8. The molecule has 0 unspecified atom stereocenters. The molecule has 0 saturated heterocycles. The molecule has 2 N–H and O–H groups in total. The summed E-state index contributed by atoms with van der Waals surface area (Å²) in [7, 11) is 0. The number of hydrogen-bond acceptors (Lipinski definition) is 3. The Morgan fingerprint density at radius 1 is 1.32 bits per heavy atom. The molecule has 6 heteroatoms. The molecule has 0 fully saturated rings. The molecule has 1 amide bonds. The molecule has 1 aromatic carbocycles. The minimum atomic E-state index is -1.02. The third-order valence-electron chi connectivity index (χ3n) is 2.57. The Morgan fingerprint density at radius 2 is 2.05 bits per heavy atom. The molecule has 2 rings (SSSR count). The van der Waals surface area contributed by atoms with Crippen molar-refractivity contribution < 1.29 is 19.1 Å². The third-order valence-corrected chi connectivity index (χ3v) is 3.22. The molecule has 2 aromatic rings. The van der Waals surface area contributed by atoms with Gasteiger partial charge in [0.25, 0.3) is 5.91 Å². The van der Waals surface area contributed by atoms with Gasteiger partial charge in [-0.05, 0) is 47.1 Å². The first-order chi connectivity index (χ1) is 8.99. The quantitative estimate of drug-likeness (QED) is 0.908. The highest BCUT2D eigenvalue weighted by atomic mass is 79.9. The Kier molecular flexibility index (Phi) is 3.71. The summed E-state index contributed by atoms with van der Waals surface area (Å²) in [5.41, 5.74) is 1.08. The predicted molar refractivity (Wildman–Crippen MR) is 72.5 cm³/mol. The van der Waals surface area contributed by atoms with E-state index in [4.69, 9.17) is 9.52 Å². The zero-order valence-corrected chi connectivity index (χ0v) is 11.5. The smallest absolute Gasteiger partial charge is 0.335 e. The van der Waals surface area contributed by atoms with Crippen LogP contribution in [0.5, 0.6) is 0 Å². The number of halogens is 1. The Hall–Kier alpha value is -2.08. The van der Waals surface area contributed by atoms with E-state index < -0.39 is 5.97 Å². The number of aromatic carboxylic acids is 1. The zero-order valence-electron chi connectivity index (χ0n) is 9.94. The molecule has 0 saturated carbocycles. The van der Waals surface area contributed by atoms with Crippen molar-refractivity contribution in [3.05, 3.63) is 51.9 Å². The summed E-state index contributed by atoms with van der Waals surface area (Å²) in [5, 5.41) is 11.5. The third kappa shape index (κ3) is 2.85. The zero-order chi connectivity index (χ0) is 14.0. The number of rotatable bonds is 3. The van der Waals surface area contributed by atoms with Crippen LogP contribution in [-0.4, -0.2) is 17.0 Å². The van der Waals surface area contributed by atoms with Crippen LogP contribution in [0.25, 0.3) is 0 Å². The second-order valence-electron chi connectivity index (χ2n) is 3.84. The van der Waals surface area contributed by atoms with E-state index in [1.165, 1.54) is 24.5 Å². The van der Waals surface area contributed by atoms with Gasteiger partial charge in [0, 0.05) is 4.47 Å². The van der Waals surface area contributed by atoms with Crippen LogP contribution in [0.1, 0.15) is 26.5 Å². The van der Waals surface area contributed by atoms with Gasteiger partial charge in [0.15, 0.2) is 0 Å². The molecule has 98 valence electrons. The van der Waals surface area contributed by atoms with E-state index in [2.05, 4.69) is 21.2 Å². The number of carbonyl (C=O) groups excluding carboxylic acids is 1. The normalized spacial score (nSPS) is 10.2. The molecule has 1 heterocycles. The van der Waals surface area contributed by atoms with Crippen LogP contribution in [0.2, 0.25) is 0 Å². The fourth-order valence-electron chi connectivity index (χ4n) is 1.56. The Bertz CT molecular complexity index is 648. The predicted octanol–water partition coefficient (Wildman–Crippen LogP) is 3.30. The molecular formula is C13H10BrNO4. The minimum absolute atomic E-state index is 0.143. The Morgan fingerprint density at radius 3 is 2.58 bits per heavy atom. The molecule has 0 aliphatic rings. The second kappa shape index (κ2) is 5.27. The number of hydrogen-bond donors (Lipinski definition) is 2. The summed E-state index contributed by atoms with van der Waals surface area (Å²) in [6, 6.07) is 5.95. The van der Waals surface area contributed by atoms with E-state index >= 15 is 0 Å². The highest BCUT2D eigenvalue weighted by molar-refractivity contribution is 9.10. The van der Waals surface area contributed by atoms with E-state index in [0.717, 1.165) is 0 Å². The first-order valence-corrected chi connectivity index (χ1v) is 6.16. The average molecular weight is 324 g/mol. The Balaban J connectivity index is 2.23. The number of amides is 1. The van der Waals surface area contributed by atoms with Crippen LogP contribution in [0.15, 0.2) is 39.4 Å². The van der Waals surface area contributed by atoms with Gasteiger partial charge in [0.1, 0.15) is 5.76 Å². The van der Waals surface area contributed by atoms with Crippen molar-refractivity contribution in [2.24, 2.45) is 0 Å². The van der Waals surface area contributed by atoms with Gasteiger partial charge in [-0.3, -0.25) is 4.79 Å². The van der Waals surface area contributed by atoms with E-state index in [1.807, 2.05) is 0 Å². The number of anilines is 1. The van der Waals surface area contributed by atoms with Gasteiger partial charge >= 0.3 is 5.97 Å². The monoisotopic (exact) mass is 323 g/mol. The molecule has 19 heavy (non-hydrogen) atoms. The molecule has 5 nitrogen and oxygen atoms in total. The van der Waals surface area contributed by atoms with Crippen molar-refractivity contribution in [2.45, 2.75) is 6.92 Å². The lowest BCUT2D eigenvalue weighted by molar-refractivity contribution is 0.0696. The van der Waals surface area contributed by atoms with Gasteiger partial charge in [-0.15, -0.1) is 0 Å². The molecule has 1 aromatic heterocycles. The second-order valence-corrected chi connectivity index (χ2v) is 4.70. The van der Waals surface area contributed by atoms with Gasteiger partial charge in [0.2, 0.25) is 0 Å². The van der Waals surface area contributed by atoms with Gasteiger partial charge in [-0.25, -0.2) is 4.79 Å².